The Kier molecular flexibility index (Phi) is 5.96. The Morgan fingerprint density at radius 3 is 2.52 bits per heavy atom. The van der Waals surface area contributed by atoms with Crippen molar-refractivity contribution >= 4 is 11.8 Å². The molecule has 1 atom stereocenters. The van der Waals surface area contributed by atoms with Crippen molar-refractivity contribution in [3.63, 3.8) is 0 Å². The van der Waals surface area contributed by atoms with Crippen molar-refractivity contribution in [2.45, 2.75) is 0 Å². The second kappa shape index (κ2) is 7.72. The second-order valence-corrected chi connectivity index (χ2v) is 5.80. The molecular formula is C14H26N4O3. The zero-order valence-electron chi connectivity index (χ0n) is 13.0. The van der Waals surface area contributed by atoms with Gasteiger partial charge < -0.3 is 19.9 Å². The van der Waals surface area contributed by atoms with Crippen LogP contribution in [0.25, 0.3) is 0 Å². The molecule has 21 heavy (non-hydrogen) atoms. The number of carbonyl (C=O) groups excluding carboxylic acids is 2. The fraction of sp³-hybridized carbons (Fsp3) is 0.857. The largest absolute Gasteiger partial charge is 0.379 e. The van der Waals surface area contributed by atoms with Crippen LogP contribution in [0.2, 0.25) is 0 Å². The molecule has 2 aliphatic heterocycles. The summed E-state index contributed by atoms with van der Waals surface area (Å²) >= 11 is 0. The van der Waals surface area contributed by atoms with Crippen molar-refractivity contribution in [3.8, 4) is 0 Å². The van der Waals surface area contributed by atoms with Gasteiger partial charge in [0.1, 0.15) is 0 Å². The van der Waals surface area contributed by atoms with Gasteiger partial charge in [-0.05, 0) is 7.05 Å². The summed E-state index contributed by atoms with van der Waals surface area (Å²) in [5, 5.41) is 2.69. The third kappa shape index (κ3) is 4.66. The topological polar surface area (TPSA) is 65.1 Å². The van der Waals surface area contributed by atoms with Crippen LogP contribution >= 0.6 is 0 Å². The van der Waals surface area contributed by atoms with Crippen molar-refractivity contribution in [2.24, 2.45) is 5.92 Å². The molecule has 0 radical (unpaired) electrons. The predicted octanol–water partition coefficient (Wildman–Crippen LogP) is -1.55. The van der Waals surface area contributed by atoms with Crippen LogP contribution in [0.3, 0.4) is 0 Å². The zero-order chi connectivity index (χ0) is 15.2. The van der Waals surface area contributed by atoms with Crippen molar-refractivity contribution in [1.82, 2.24) is 20.0 Å². The smallest absolute Gasteiger partial charge is 0.236 e. The van der Waals surface area contributed by atoms with Gasteiger partial charge in [0.05, 0.1) is 25.7 Å². The second-order valence-electron chi connectivity index (χ2n) is 5.80. The van der Waals surface area contributed by atoms with Crippen LogP contribution in [0.4, 0.5) is 0 Å². The van der Waals surface area contributed by atoms with Gasteiger partial charge in [-0.3, -0.25) is 14.5 Å². The molecule has 2 heterocycles. The normalized spacial score (nSPS) is 25.4. The lowest BCUT2D eigenvalue weighted by molar-refractivity contribution is -0.134. The summed E-state index contributed by atoms with van der Waals surface area (Å²) in [6, 6.07) is 0. The molecule has 0 saturated carbocycles. The molecule has 7 nitrogen and oxygen atoms in total. The molecule has 2 rings (SSSR count). The Balaban J connectivity index is 1.93. The van der Waals surface area contributed by atoms with E-state index >= 15 is 0 Å². The van der Waals surface area contributed by atoms with Crippen LogP contribution in [0.5, 0.6) is 0 Å². The van der Waals surface area contributed by atoms with Crippen LogP contribution in [0, 0.1) is 5.92 Å². The number of nitrogens with zero attached hydrogens (tertiary/aromatic N) is 3. The highest BCUT2D eigenvalue weighted by Crippen LogP contribution is 2.10. The van der Waals surface area contributed by atoms with E-state index in [-0.39, 0.29) is 17.7 Å². The maximum absolute atomic E-state index is 12.5. The summed E-state index contributed by atoms with van der Waals surface area (Å²) in [6.45, 7) is 6.11. The molecular weight excluding hydrogens is 272 g/mol. The van der Waals surface area contributed by atoms with Crippen LogP contribution in [0.15, 0.2) is 0 Å². The van der Waals surface area contributed by atoms with Gasteiger partial charge in [-0.15, -0.1) is 0 Å². The van der Waals surface area contributed by atoms with E-state index in [1.54, 1.807) is 7.05 Å². The molecule has 0 aromatic rings. The van der Waals surface area contributed by atoms with Gasteiger partial charge in [-0.2, -0.15) is 0 Å². The Bertz CT molecular complexity index is 371. The van der Waals surface area contributed by atoms with E-state index in [1.165, 1.54) is 0 Å². The minimum atomic E-state index is -0.156. The summed E-state index contributed by atoms with van der Waals surface area (Å²) in [5.41, 5.74) is 0. The number of nitrogens with one attached hydrogen (secondary N) is 1. The van der Waals surface area contributed by atoms with E-state index in [0.29, 0.717) is 39.4 Å². The third-order valence-electron chi connectivity index (χ3n) is 4.16. The van der Waals surface area contributed by atoms with Crippen molar-refractivity contribution in [1.29, 1.82) is 0 Å². The molecule has 2 saturated heterocycles. The van der Waals surface area contributed by atoms with Gasteiger partial charge in [0.15, 0.2) is 0 Å². The van der Waals surface area contributed by atoms with E-state index in [4.69, 9.17) is 4.74 Å². The number of morpholine rings is 1. The lowest BCUT2D eigenvalue weighted by Gasteiger charge is -2.29. The minimum absolute atomic E-state index is 0.00734. The summed E-state index contributed by atoms with van der Waals surface area (Å²) in [5.74, 6) is -0.0369. The Hall–Kier alpha value is -1.18. The maximum atomic E-state index is 12.5. The number of hydrogen-bond acceptors (Lipinski definition) is 5. The average molecular weight is 298 g/mol. The van der Waals surface area contributed by atoms with E-state index < -0.39 is 0 Å². The highest BCUT2D eigenvalue weighted by atomic mass is 16.5. The van der Waals surface area contributed by atoms with Crippen LogP contribution < -0.4 is 5.32 Å². The first-order chi connectivity index (χ1) is 10.1. The zero-order valence-corrected chi connectivity index (χ0v) is 13.0. The van der Waals surface area contributed by atoms with Crippen molar-refractivity contribution in [2.75, 3.05) is 73.1 Å². The summed E-state index contributed by atoms with van der Waals surface area (Å²) in [7, 11) is 3.64. The van der Waals surface area contributed by atoms with Crippen molar-refractivity contribution in [3.05, 3.63) is 0 Å². The molecule has 2 amide bonds. The molecule has 2 fully saturated rings. The Morgan fingerprint density at radius 1 is 1.14 bits per heavy atom. The van der Waals surface area contributed by atoms with Crippen LogP contribution in [-0.2, 0) is 14.3 Å². The lowest BCUT2D eigenvalue weighted by atomic mass is 10.1. The van der Waals surface area contributed by atoms with E-state index in [1.807, 2.05) is 11.9 Å². The van der Waals surface area contributed by atoms with Gasteiger partial charge in [0, 0.05) is 46.3 Å². The average Bonchev–Trinajstić information content (AvgIpc) is 2.69. The summed E-state index contributed by atoms with van der Waals surface area (Å²) < 4.78 is 5.30. The lowest BCUT2D eigenvalue weighted by Crippen LogP contribution is -2.47. The first-order valence-corrected chi connectivity index (χ1v) is 7.58. The number of carbonyl (C=O) groups is 2. The summed E-state index contributed by atoms with van der Waals surface area (Å²) in [6.07, 6.45) is 0. The third-order valence-corrected chi connectivity index (χ3v) is 4.16. The molecule has 0 aromatic heterocycles. The van der Waals surface area contributed by atoms with Gasteiger partial charge in [-0.1, -0.05) is 0 Å². The number of ether oxygens (including phenoxy) is 1. The monoisotopic (exact) mass is 298 g/mol. The molecule has 0 spiro atoms. The number of hydrogen-bond donors (Lipinski definition) is 1. The fourth-order valence-corrected chi connectivity index (χ4v) is 2.82. The number of rotatable bonds is 3. The van der Waals surface area contributed by atoms with Crippen LogP contribution in [-0.4, -0.2) is 99.6 Å². The maximum Gasteiger partial charge on any atom is 0.236 e. The Labute approximate surface area is 126 Å². The number of likely N-dealkylation sites (N-methyl/N-ethyl adjacent to an activating group) is 1. The Morgan fingerprint density at radius 2 is 1.86 bits per heavy atom. The van der Waals surface area contributed by atoms with E-state index in [9.17, 15) is 9.59 Å². The van der Waals surface area contributed by atoms with Crippen LogP contribution in [0.1, 0.15) is 0 Å². The minimum Gasteiger partial charge on any atom is -0.379 e. The molecule has 0 aliphatic carbocycles. The van der Waals surface area contributed by atoms with Crippen molar-refractivity contribution < 1.29 is 14.3 Å². The molecule has 1 N–H and O–H groups in total. The predicted molar refractivity (Wildman–Crippen MR) is 78.9 cm³/mol. The first-order valence-electron chi connectivity index (χ1n) is 7.58. The quantitative estimate of drug-likeness (QED) is 0.684. The molecule has 2 aliphatic rings. The molecule has 0 bridgehead atoms. The first kappa shape index (κ1) is 16.2. The highest BCUT2D eigenvalue weighted by Gasteiger charge is 2.29. The van der Waals surface area contributed by atoms with Gasteiger partial charge >= 0.3 is 0 Å². The number of amides is 2. The molecule has 120 valence electrons. The molecule has 0 unspecified atom stereocenters. The standard InChI is InChI=1S/C14H26N4O3/c1-15-14(20)12-9-16(2)3-4-18(10-12)13(19)11-17-5-7-21-8-6-17/h12H,3-11H2,1-2H3,(H,15,20)/t12-/m1/s1. The highest BCUT2D eigenvalue weighted by molar-refractivity contribution is 5.81. The van der Waals surface area contributed by atoms with Gasteiger partial charge in [0.25, 0.3) is 0 Å². The summed E-state index contributed by atoms with van der Waals surface area (Å²) in [4.78, 5) is 30.5. The molecule has 7 heteroatoms. The van der Waals surface area contributed by atoms with Gasteiger partial charge in [-0.25, -0.2) is 0 Å². The fourth-order valence-electron chi connectivity index (χ4n) is 2.82. The SMILES string of the molecule is CNC(=O)[C@@H]1CN(C)CCN(C(=O)CN2CCOCC2)C1. The molecule has 0 aromatic carbocycles. The van der Waals surface area contributed by atoms with Gasteiger partial charge in [0.2, 0.25) is 11.8 Å². The van der Waals surface area contributed by atoms with E-state index in [2.05, 4.69) is 15.1 Å². The van der Waals surface area contributed by atoms with E-state index in [0.717, 1.165) is 19.6 Å².